The molecule has 1 aliphatic rings. The summed E-state index contributed by atoms with van der Waals surface area (Å²) in [5.74, 6) is 0.360. The quantitative estimate of drug-likeness (QED) is 0.877. The smallest absolute Gasteiger partial charge is 0.338 e. The Labute approximate surface area is 139 Å². The number of anilines is 1. The molecule has 6 heteroatoms. The molecule has 24 heavy (non-hydrogen) atoms. The molecule has 3 rings (SSSR count). The zero-order chi connectivity index (χ0) is 17.1. The first-order chi connectivity index (χ1) is 11.6. The molecule has 1 amide bonds. The Kier molecular flexibility index (Phi) is 4.37. The van der Waals surface area contributed by atoms with E-state index in [1.807, 2.05) is 12.1 Å². The molecule has 1 atom stereocenters. The lowest BCUT2D eigenvalue weighted by Crippen LogP contribution is -2.40. The van der Waals surface area contributed by atoms with Gasteiger partial charge in [0.2, 0.25) is 6.10 Å². The molecule has 0 fully saturated rings. The number of esters is 1. The fourth-order valence-electron chi connectivity index (χ4n) is 2.46. The van der Waals surface area contributed by atoms with Crippen molar-refractivity contribution < 1.29 is 23.8 Å². The van der Waals surface area contributed by atoms with Crippen LogP contribution in [0.25, 0.3) is 0 Å². The Morgan fingerprint density at radius 1 is 1.12 bits per heavy atom. The number of fused-ring (bicyclic) bond motifs is 1. The van der Waals surface area contributed by atoms with Gasteiger partial charge in [0, 0.05) is 5.69 Å². The summed E-state index contributed by atoms with van der Waals surface area (Å²) in [5, 5.41) is 2.78. The number of hydrogen-bond acceptors (Lipinski definition) is 5. The second-order valence-electron chi connectivity index (χ2n) is 5.32. The lowest BCUT2D eigenvalue weighted by atomic mass is 10.1. The molecule has 2 aromatic rings. The van der Waals surface area contributed by atoms with Crippen LogP contribution < -0.4 is 14.8 Å². The third-order valence-corrected chi connectivity index (χ3v) is 3.80. The van der Waals surface area contributed by atoms with Crippen LogP contribution in [0.3, 0.4) is 0 Å². The lowest BCUT2D eigenvalue weighted by Gasteiger charge is -2.25. The molecular weight excluding hydrogens is 310 g/mol. The van der Waals surface area contributed by atoms with E-state index in [1.165, 1.54) is 7.11 Å². The molecule has 0 aromatic heterocycles. The second kappa shape index (κ2) is 6.62. The number of para-hydroxylation sites is 2. The van der Waals surface area contributed by atoms with Crippen molar-refractivity contribution in [1.29, 1.82) is 0 Å². The molecule has 0 saturated heterocycles. The van der Waals surface area contributed by atoms with Crippen molar-refractivity contribution in [3.63, 3.8) is 0 Å². The van der Waals surface area contributed by atoms with Gasteiger partial charge in [-0.25, -0.2) is 4.79 Å². The fraction of sp³-hybridized carbons (Fsp3) is 0.222. The largest absolute Gasteiger partial charge is 0.485 e. The Bertz CT molecular complexity index is 787. The average Bonchev–Trinajstić information content (AvgIpc) is 2.62. The Morgan fingerprint density at radius 2 is 1.88 bits per heavy atom. The monoisotopic (exact) mass is 327 g/mol. The summed E-state index contributed by atoms with van der Waals surface area (Å²) in [5.41, 5.74) is 1.57. The van der Waals surface area contributed by atoms with Gasteiger partial charge in [0.05, 0.1) is 12.7 Å². The number of hydrogen-bond donors (Lipinski definition) is 1. The zero-order valence-corrected chi connectivity index (χ0v) is 13.4. The summed E-state index contributed by atoms with van der Waals surface area (Å²) in [6.45, 7) is 1.87. The highest BCUT2D eigenvalue weighted by Gasteiger charge is 2.27. The number of amides is 1. The van der Waals surface area contributed by atoms with Crippen LogP contribution in [0.15, 0.2) is 42.5 Å². The first kappa shape index (κ1) is 15.9. The minimum absolute atomic E-state index is 0.124. The van der Waals surface area contributed by atoms with Crippen molar-refractivity contribution >= 4 is 17.6 Å². The van der Waals surface area contributed by atoms with Gasteiger partial charge in [-0.2, -0.15) is 0 Å². The van der Waals surface area contributed by atoms with E-state index in [9.17, 15) is 9.59 Å². The van der Waals surface area contributed by atoms with Gasteiger partial charge >= 0.3 is 5.97 Å². The third kappa shape index (κ3) is 3.03. The van der Waals surface area contributed by atoms with Crippen LogP contribution >= 0.6 is 0 Å². The summed E-state index contributed by atoms with van der Waals surface area (Å²) in [7, 11) is 1.32. The standard InChI is InChI=1S/C18H17NO5/c1-11-12(18(21)22-2)6-5-7-13(11)19-17(20)16-10-23-14-8-3-4-9-15(14)24-16/h3-9,16H,10H2,1-2H3,(H,19,20)/t16-/m1/s1. The van der Waals surface area contributed by atoms with Gasteiger partial charge in [-0.15, -0.1) is 0 Å². The van der Waals surface area contributed by atoms with Crippen molar-refractivity contribution in [2.45, 2.75) is 13.0 Å². The van der Waals surface area contributed by atoms with E-state index in [1.54, 1.807) is 37.3 Å². The third-order valence-electron chi connectivity index (χ3n) is 3.80. The molecule has 6 nitrogen and oxygen atoms in total. The summed E-state index contributed by atoms with van der Waals surface area (Å²) in [6.07, 6.45) is -0.763. The summed E-state index contributed by atoms with van der Waals surface area (Å²) in [6, 6.07) is 12.2. The molecule has 1 heterocycles. The number of benzene rings is 2. The molecular formula is C18H17NO5. The molecule has 1 N–H and O–H groups in total. The fourth-order valence-corrected chi connectivity index (χ4v) is 2.46. The number of carbonyl (C=O) groups is 2. The van der Waals surface area contributed by atoms with E-state index in [-0.39, 0.29) is 12.5 Å². The predicted octanol–water partition coefficient (Wildman–Crippen LogP) is 2.56. The Morgan fingerprint density at radius 3 is 2.62 bits per heavy atom. The van der Waals surface area contributed by atoms with Crippen LogP contribution in [0.4, 0.5) is 5.69 Å². The molecule has 0 unspecified atom stereocenters. The molecule has 0 spiro atoms. The Balaban J connectivity index is 1.75. The van der Waals surface area contributed by atoms with Crippen molar-refractivity contribution in [1.82, 2.24) is 0 Å². The number of nitrogens with one attached hydrogen (secondary N) is 1. The summed E-state index contributed by atoms with van der Waals surface area (Å²) < 4.78 is 16.0. The Hall–Kier alpha value is -3.02. The minimum atomic E-state index is -0.763. The van der Waals surface area contributed by atoms with E-state index in [2.05, 4.69) is 5.32 Å². The van der Waals surface area contributed by atoms with Crippen LogP contribution in [0, 0.1) is 6.92 Å². The van der Waals surface area contributed by atoms with Crippen molar-refractivity contribution in [2.24, 2.45) is 0 Å². The van der Waals surface area contributed by atoms with Gasteiger partial charge in [0.1, 0.15) is 6.61 Å². The highest BCUT2D eigenvalue weighted by atomic mass is 16.6. The summed E-state index contributed by atoms with van der Waals surface area (Å²) in [4.78, 5) is 24.2. The van der Waals surface area contributed by atoms with Crippen molar-refractivity contribution in [3.05, 3.63) is 53.6 Å². The maximum atomic E-state index is 12.4. The van der Waals surface area contributed by atoms with E-state index in [0.29, 0.717) is 28.3 Å². The van der Waals surface area contributed by atoms with Gasteiger partial charge in [0.15, 0.2) is 11.5 Å². The van der Waals surface area contributed by atoms with Crippen molar-refractivity contribution in [3.8, 4) is 11.5 Å². The molecule has 0 bridgehead atoms. The van der Waals surface area contributed by atoms with Crippen LogP contribution in [-0.2, 0) is 9.53 Å². The van der Waals surface area contributed by atoms with Gasteiger partial charge in [-0.1, -0.05) is 18.2 Å². The molecule has 0 radical (unpaired) electrons. The molecule has 2 aromatic carbocycles. The van der Waals surface area contributed by atoms with Gasteiger partial charge in [-0.3, -0.25) is 4.79 Å². The van der Waals surface area contributed by atoms with Gasteiger partial charge in [0.25, 0.3) is 5.91 Å². The van der Waals surface area contributed by atoms with Gasteiger partial charge < -0.3 is 19.5 Å². The highest BCUT2D eigenvalue weighted by molar-refractivity contribution is 5.98. The number of carbonyl (C=O) groups excluding carboxylic acids is 2. The second-order valence-corrected chi connectivity index (χ2v) is 5.32. The summed E-state index contributed by atoms with van der Waals surface area (Å²) >= 11 is 0. The lowest BCUT2D eigenvalue weighted by molar-refractivity contribution is -0.125. The first-order valence-electron chi connectivity index (χ1n) is 7.47. The van der Waals surface area contributed by atoms with E-state index in [0.717, 1.165) is 0 Å². The SMILES string of the molecule is COC(=O)c1cccc(NC(=O)[C@H]2COc3ccccc3O2)c1C. The van der Waals surface area contributed by atoms with Crippen LogP contribution in [-0.4, -0.2) is 31.7 Å². The van der Waals surface area contributed by atoms with Crippen molar-refractivity contribution in [2.75, 3.05) is 19.0 Å². The van der Waals surface area contributed by atoms with E-state index >= 15 is 0 Å². The molecule has 0 aliphatic carbocycles. The van der Waals surface area contributed by atoms with Crippen LogP contribution in [0.2, 0.25) is 0 Å². The molecule has 0 saturated carbocycles. The predicted molar refractivity (Wildman–Crippen MR) is 87.5 cm³/mol. The van der Waals surface area contributed by atoms with Crippen LogP contribution in [0.1, 0.15) is 15.9 Å². The minimum Gasteiger partial charge on any atom is -0.485 e. The first-order valence-corrected chi connectivity index (χ1v) is 7.47. The van der Waals surface area contributed by atoms with E-state index < -0.39 is 12.1 Å². The normalized spacial score (nSPS) is 15.5. The van der Waals surface area contributed by atoms with E-state index in [4.69, 9.17) is 14.2 Å². The van der Waals surface area contributed by atoms with Gasteiger partial charge in [-0.05, 0) is 36.8 Å². The maximum absolute atomic E-state index is 12.4. The molecule has 1 aliphatic heterocycles. The zero-order valence-electron chi connectivity index (χ0n) is 13.4. The average molecular weight is 327 g/mol. The topological polar surface area (TPSA) is 73.9 Å². The number of rotatable bonds is 3. The molecule has 124 valence electrons. The number of ether oxygens (including phenoxy) is 3. The highest BCUT2D eigenvalue weighted by Crippen LogP contribution is 2.31. The maximum Gasteiger partial charge on any atom is 0.338 e. The number of methoxy groups -OCH3 is 1. The van der Waals surface area contributed by atoms with Crippen LogP contribution in [0.5, 0.6) is 11.5 Å².